The molecule has 0 bridgehead atoms. The monoisotopic (exact) mass is 541 g/mol. The number of nitrogens with zero attached hydrogens (tertiary/aromatic N) is 4. The van der Waals surface area contributed by atoms with E-state index in [2.05, 4.69) is 36.0 Å². The number of carbonyl (C=O) groups excluding carboxylic acids is 2. The molecule has 4 rings (SSSR count). The van der Waals surface area contributed by atoms with Crippen LogP contribution in [-0.2, 0) is 14.3 Å². The van der Waals surface area contributed by atoms with E-state index in [0.717, 1.165) is 13.1 Å². The average molecular weight is 542 g/mol. The third kappa shape index (κ3) is 7.21. The highest BCUT2D eigenvalue weighted by atomic mass is 35.5. The molecule has 12 heteroatoms. The molecule has 0 aliphatic carbocycles. The summed E-state index contributed by atoms with van der Waals surface area (Å²) in [6, 6.07) is 9.36. The van der Waals surface area contributed by atoms with E-state index in [1.807, 2.05) is 0 Å². The van der Waals surface area contributed by atoms with Crippen LogP contribution in [0, 0.1) is 12.7 Å². The number of methoxy groups -OCH3 is 1. The second-order valence-electron chi connectivity index (χ2n) is 8.88. The van der Waals surface area contributed by atoms with Crippen molar-refractivity contribution in [2.45, 2.75) is 25.8 Å². The minimum atomic E-state index is -0.454. The highest BCUT2D eigenvalue weighted by Crippen LogP contribution is 2.28. The summed E-state index contributed by atoms with van der Waals surface area (Å²) >= 11 is 6.03. The second kappa shape index (κ2) is 12.7. The molecule has 38 heavy (non-hydrogen) atoms. The van der Waals surface area contributed by atoms with Gasteiger partial charge in [0.1, 0.15) is 11.6 Å². The lowest BCUT2D eigenvalue weighted by Crippen LogP contribution is -2.52. The lowest BCUT2D eigenvalue weighted by molar-refractivity contribution is -0.142. The molecule has 1 aliphatic heterocycles. The quantitative estimate of drug-likeness (QED) is 0.349. The number of hydrogen-bond donors (Lipinski definition) is 3. The summed E-state index contributed by atoms with van der Waals surface area (Å²) in [4.78, 5) is 30.7. The van der Waals surface area contributed by atoms with Crippen LogP contribution in [0.2, 0.25) is 5.02 Å². The molecule has 200 valence electrons. The minimum absolute atomic E-state index is 0.0165. The lowest BCUT2D eigenvalue weighted by atomic mass is 10.1. The van der Waals surface area contributed by atoms with Crippen molar-refractivity contribution in [3.63, 3.8) is 0 Å². The van der Waals surface area contributed by atoms with Crippen LogP contribution >= 0.6 is 11.6 Å². The Morgan fingerprint density at radius 1 is 1.24 bits per heavy atom. The van der Waals surface area contributed by atoms with E-state index < -0.39 is 5.82 Å². The van der Waals surface area contributed by atoms with Crippen LogP contribution in [-0.4, -0.2) is 71.3 Å². The van der Waals surface area contributed by atoms with Gasteiger partial charge in [-0.3, -0.25) is 14.5 Å². The SMILES string of the molecule is COC(=O)CC1CNCCN1CCC(=O)Nc1cc(Nc2cc(-c3cc(Cl)ccc3F)nnc2C)ccn1. The van der Waals surface area contributed by atoms with E-state index in [9.17, 15) is 14.0 Å². The molecule has 1 fully saturated rings. The zero-order valence-electron chi connectivity index (χ0n) is 21.1. The van der Waals surface area contributed by atoms with E-state index in [4.69, 9.17) is 16.3 Å². The number of aryl methyl sites for hydroxylation is 1. The molecule has 1 atom stereocenters. The van der Waals surface area contributed by atoms with Gasteiger partial charge in [0, 0.05) is 67.2 Å². The minimum Gasteiger partial charge on any atom is -0.469 e. The fourth-order valence-corrected chi connectivity index (χ4v) is 4.33. The molecule has 1 aromatic carbocycles. The van der Waals surface area contributed by atoms with E-state index >= 15 is 0 Å². The van der Waals surface area contributed by atoms with Gasteiger partial charge < -0.3 is 20.7 Å². The molecule has 1 unspecified atom stereocenters. The van der Waals surface area contributed by atoms with Crippen LogP contribution < -0.4 is 16.0 Å². The Hall–Kier alpha value is -3.67. The van der Waals surface area contributed by atoms with Crippen LogP contribution in [0.25, 0.3) is 11.3 Å². The summed E-state index contributed by atoms with van der Waals surface area (Å²) in [5, 5.41) is 18.0. The Balaban J connectivity index is 1.39. The number of aromatic nitrogens is 3. The third-order valence-corrected chi connectivity index (χ3v) is 6.45. The Bertz CT molecular complexity index is 1310. The average Bonchev–Trinajstić information content (AvgIpc) is 2.91. The number of benzene rings is 1. The number of pyridine rings is 1. The van der Waals surface area contributed by atoms with Crippen molar-refractivity contribution in [1.82, 2.24) is 25.4 Å². The van der Waals surface area contributed by atoms with Crippen molar-refractivity contribution >= 4 is 40.7 Å². The first-order valence-electron chi connectivity index (χ1n) is 12.2. The highest BCUT2D eigenvalue weighted by Gasteiger charge is 2.25. The van der Waals surface area contributed by atoms with Crippen molar-refractivity contribution < 1.29 is 18.7 Å². The van der Waals surface area contributed by atoms with E-state index in [-0.39, 0.29) is 36.3 Å². The molecule has 0 saturated carbocycles. The molecule has 3 N–H and O–H groups in total. The first-order chi connectivity index (χ1) is 18.3. The zero-order valence-corrected chi connectivity index (χ0v) is 21.9. The van der Waals surface area contributed by atoms with E-state index in [1.54, 1.807) is 31.3 Å². The maximum Gasteiger partial charge on any atom is 0.307 e. The molecule has 3 aromatic rings. The molecule has 1 saturated heterocycles. The fourth-order valence-electron chi connectivity index (χ4n) is 4.16. The molecule has 2 aromatic heterocycles. The van der Waals surface area contributed by atoms with E-state index in [0.29, 0.717) is 46.7 Å². The number of piperazine rings is 1. The number of amides is 1. The van der Waals surface area contributed by atoms with Gasteiger partial charge in [-0.1, -0.05) is 11.6 Å². The predicted molar refractivity (Wildman–Crippen MR) is 143 cm³/mol. The number of halogens is 2. The van der Waals surface area contributed by atoms with Crippen LogP contribution in [0.4, 0.5) is 21.6 Å². The highest BCUT2D eigenvalue weighted by molar-refractivity contribution is 6.30. The van der Waals surface area contributed by atoms with E-state index in [1.165, 1.54) is 25.3 Å². The second-order valence-corrected chi connectivity index (χ2v) is 9.32. The maximum absolute atomic E-state index is 14.3. The van der Waals surface area contributed by atoms with Gasteiger partial charge >= 0.3 is 5.97 Å². The van der Waals surface area contributed by atoms with Gasteiger partial charge in [0.25, 0.3) is 0 Å². The normalized spacial score (nSPS) is 15.6. The van der Waals surface area contributed by atoms with Crippen LogP contribution in [0.15, 0.2) is 42.6 Å². The maximum atomic E-state index is 14.3. The predicted octanol–water partition coefficient (Wildman–Crippen LogP) is 3.55. The Labute approximate surface area is 224 Å². The standard InChI is InChI=1S/C26H29ClFN7O3/c1-16-22(14-23(34-33-16)20-11-17(27)3-4-21(20)28)31-18-5-7-30-24(12-18)32-25(36)6-9-35-10-8-29-15-19(35)13-26(37)38-2/h3-5,7,11-12,14,19,29H,6,8-10,13,15H2,1-2H3,(H2,30,31,32,34,36). The van der Waals surface area contributed by atoms with Gasteiger partial charge in [0.2, 0.25) is 5.91 Å². The van der Waals surface area contributed by atoms with Gasteiger partial charge in [-0.25, -0.2) is 9.37 Å². The van der Waals surface area contributed by atoms with Crippen molar-refractivity contribution in [2.75, 3.05) is 43.9 Å². The van der Waals surface area contributed by atoms with Crippen LogP contribution in [0.3, 0.4) is 0 Å². The first-order valence-corrected chi connectivity index (χ1v) is 12.5. The van der Waals surface area contributed by atoms with Crippen LogP contribution in [0.1, 0.15) is 18.5 Å². The number of carbonyl (C=O) groups is 2. The molecular weight excluding hydrogens is 513 g/mol. The third-order valence-electron chi connectivity index (χ3n) is 6.22. The Kier molecular flexibility index (Phi) is 9.16. The van der Waals surface area contributed by atoms with Crippen molar-refractivity contribution in [1.29, 1.82) is 0 Å². The summed E-state index contributed by atoms with van der Waals surface area (Å²) < 4.78 is 19.1. The summed E-state index contributed by atoms with van der Waals surface area (Å²) in [6.07, 6.45) is 2.09. The van der Waals surface area contributed by atoms with Gasteiger partial charge in [0.05, 0.1) is 30.6 Å². The largest absolute Gasteiger partial charge is 0.469 e. The molecule has 3 heterocycles. The summed E-state index contributed by atoms with van der Waals surface area (Å²) in [5.41, 5.74) is 2.46. The van der Waals surface area contributed by atoms with Crippen molar-refractivity contribution in [3.05, 3.63) is 59.1 Å². The van der Waals surface area contributed by atoms with Crippen molar-refractivity contribution in [2.24, 2.45) is 0 Å². The zero-order chi connectivity index (χ0) is 27.1. The number of esters is 1. The Morgan fingerprint density at radius 3 is 2.89 bits per heavy atom. The summed E-state index contributed by atoms with van der Waals surface area (Å²) in [5.74, 6) is -0.534. The Morgan fingerprint density at radius 2 is 2.08 bits per heavy atom. The molecule has 1 amide bonds. The number of ether oxygens (including phenoxy) is 1. The van der Waals surface area contributed by atoms with Gasteiger partial charge in [-0.05, 0) is 37.3 Å². The molecule has 0 radical (unpaired) electrons. The van der Waals surface area contributed by atoms with Gasteiger partial charge in [-0.2, -0.15) is 10.2 Å². The summed E-state index contributed by atoms with van der Waals surface area (Å²) in [6.45, 7) is 4.50. The topological polar surface area (TPSA) is 121 Å². The number of nitrogens with one attached hydrogen (secondary N) is 3. The summed E-state index contributed by atoms with van der Waals surface area (Å²) in [7, 11) is 1.37. The molecular formula is C26H29ClFN7O3. The number of rotatable bonds is 9. The van der Waals surface area contributed by atoms with Crippen LogP contribution in [0.5, 0.6) is 0 Å². The van der Waals surface area contributed by atoms with Crippen molar-refractivity contribution in [3.8, 4) is 11.3 Å². The smallest absolute Gasteiger partial charge is 0.307 e. The molecule has 10 nitrogen and oxygen atoms in total. The van der Waals surface area contributed by atoms with Gasteiger partial charge in [0.15, 0.2) is 0 Å². The molecule has 1 aliphatic rings. The molecule has 0 spiro atoms. The lowest BCUT2D eigenvalue weighted by Gasteiger charge is -2.35. The number of hydrogen-bond acceptors (Lipinski definition) is 9. The number of anilines is 3. The van der Waals surface area contributed by atoms with Gasteiger partial charge in [-0.15, -0.1) is 0 Å². The fraction of sp³-hybridized carbons (Fsp3) is 0.346. The first kappa shape index (κ1) is 27.4.